The molecule has 25 heavy (non-hydrogen) atoms. The molecule has 0 radical (unpaired) electrons. The topological polar surface area (TPSA) is 89.2 Å². The standard InChI is InChI=1S/C18H17FN4O2/c19-16-9-14(24)2-3-15(16)18(25)22-13-5-7-23(8-6-13)17-4-1-12(10-20)11-21-17/h1-4,9,11,13,24H,5-8H2,(H,22,25). The lowest BCUT2D eigenvalue weighted by molar-refractivity contribution is 0.0927. The highest BCUT2D eigenvalue weighted by atomic mass is 19.1. The van der Waals surface area contributed by atoms with Gasteiger partial charge < -0.3 is 15.3 Å². The smallest absolute Gasteiger partial charge is 0.254 e. The summed E-state index contributed by atoms with van der Waals surface area (Å²) in [5.74, 6) is -0.630. The molecule has 0 atom stereocenters. The number of rotatable bonds is 3. The number of amides is 1. The molecular weight excluding hydrogens is 323 g/mol. The number of pyridine rings is 1. The van der Waals surface area contributed by atoms with Crippen LogP contribution in [0.2, 0.25) is 0 Å². The first-order valence-electron chi connectivity index (χ1n) is 7.97. The average molecular weight is 340 g/mol. The maximum Gasteiger partial charge on any atom is 0.254 e. The molecule has 6 nitrogen and oxygen atoms in total. The second-order valence-corrected chi connectivity index (χ2v) is 5.92. The highest BCUT2D eigenvalue weighted by molar-refractivity contribution is 5.94. The Morgan fingerprint density at radius 1 is 1.32 bits per heavy atom. The summed E-state index contributed by atoms with van der Waals surface area (Å²) in [5.41, 5.74) is 0.441. The molecule has 0 unspecified atom stereocenters. The number of anilines is 1. The fourth-order valence-corrected chi connectivity index (χ4v) is 2.84. The van der Waals surface area contributed by atoms with Gasteiger partial charge in [-0.05, 0) is 37.1 Å². The van der Waals surface area contributed by atoms with Crippen molar-refractivity contribution in [2.75, 3.05) is 18.0 Å². The minimum atomic E-state index is -0.739. The molecule has 1 aliphatic rings. The van der Waals surface area contributed by atoms with Gasteiger partial charge in [0, 0.05) is 31.4 Å². The van der Waals surface area contributed by atoms with Crippen molar-refractivity contribution in [1.29, 1.82) is 5.26 Å². The molecule has 0 spiro atoms. The summed E-state index contributed by atoms with van der Waals surface area (Å²) in [5, 5.41) is 20.8. The zero-order valence-corrected chi connectivity index (χ0v) is 13.4. The molecule has 0 aliphatic carbocycles. The van der Waals surface area contributed by atoms with Crippen LogP contribution in [0.1, 0.15) is 28.8 Å². The van der Waals surface area contributed by atoms with Gasteiger partial charge >= 0.3 is 0 Å². The molecule has 1 fully saturated rings. The number of nitrogens with one attached hydrogen (secondary N) is 1. The number of hydrogen-bond donors (Lipinski definition) is 2. The molecule has 1 amide bonds. The van der Waals surface area contributed by atoms with E-state index in [0.717, 1.165) is 11.9 Å². The van der Waals surface area contributed by atoms with Crippen molar-refractivity contribution in [3.8, 4) is 11.8 Å². The van der Waals surface area contributed by atoms with E-state index in [2.05, 4.69) is 15.2 Å². The molecule has 7 heteroatoms. The molecule has 3 rings (SSSR count). The van der Waals surface area contributed by atoms with Crippen LogP contribution >= 0.6 is 0 Å². The number of phenolic OH excluding ortho intramolecular Hbond substituents is 1. The van der Waals surface area contributed by atoms with Gasteiger partial charge in [0.05, 0.1) is 11.1 Å². The van der Waals surface area contributed by atoms with Crippen LogP contribution in [-0.2, 0) is 0 Å². The summed E-state index contributed by atoms with van der Waals surface area (Å²) in [6, 6.07) is 9.01. The Labute approximate surface area is 144 Å². The Balaban J connectivity index is 1.57. The number of benzene rings is 1. The predicted octanol–water partition coefficient (Wildman–Crippen LogP) is 2.20. The van der Waals surface area contributed by atoms with Gasteiger partial charge in [-0.15, -0.1) is 0 Å². The Hall–Kier alpha value is -3.14. The van der Waals surface area contributed by atoms with Gasteiger partial charge in [-0.3, -0.25) is 4.79 Å². The van der Waals surface area contributed by atoms with E-state index in [1.807, 2.05) is 12.1 Å². The van der Waals surface area contributed by atoms with Gasteiger partial charge in [0.1, 0.15) is 23.5 Å². The first kappa shape index (κ1) is 16.7. The van der Waals surface area contributed by atoms with Crippen LogP contribution in [0.4, 0.5) is 10.2 Å². The lowest BCUT2D eigenvalue weighted by atomic mass is 10.0. The third-order valence-electron chi connectivity index (χ3n) is 4.23. The average Bonchev–Trinajstić information content (AvgIpc) is 2.62. The minimum Gasteiger partial charge on any atom is -0.508 e. The molecular formula is C18H17FN4O2. The highest BCUT2D eigenvalue weighted by Crippen LogP contribution is 2.19. The number of aromatic nitrogens is 1. The monoisotopic (exact) mass is 340 g/mol. The molecule has 2 aromatic rings. The van der Waals surface area contributed by atoms with Crippen LogP contribution in [0, 0.1) is 17.1 Å². The van der Waals surface area contributed by atoms with E-state index in [9.17, 15) is 14.3 Å². The van der Waals surface area contributed by atoms with Crippen LogP contribution in [0.5, 0.6) is 5.75 Å². The first-order valence-corrected chi connectivity index (χ1v) is 7.97. The largest absolute Gasteiger partial charge is 0.508 e. The number of hydrogen-bond acceptors (Lipinski definition) is 5. The van der Waals surface area contributed by atoms with Gasteiger partial charge in [-0.2, -0.15) is 5.26 Å². The molecule has 1 aliphatic heterocycles. The van der Waals surface area contributed by atoms with Crippen molar-refractivity contribution < 1.29 is 14.3 Å². The molecule has 1 aromatic heterocycles. The molecule has 2 N–H and O–H groups in total. The molecule has 0 saturated carbocycles. The van der Waals surface area contributed by atoms with Crippen molar-refractivity contribution >= 4 is 11.7 Å². The van der Waals surface area contributed by atoms with Crippen LogP contribution in [-0.4, -0.2) is 35.1 Å². The summed E-state index contributed by atoms with van der Waals surface area (Å²) in [7, 11) is 0. The number of nitriles is 1. The van der Waals surface area contributed by atoms with Gasteiger partial charge in [-0.1, -0.05) is 0 Å². The summed E-state index contributed by atoms with van der Waals surface area (Å²) < 4.78 is 13.7. The number of carbonyl (C=O) groups excluding carboxylic acids is 1. The van der Waals surface area contributed by atoms with E-state index < -0.39 is 11.7 Å². The number of halogens is 1. The Morgan fingerprint density at radius 3 is 2.68 bits per heavy atom. The van der Waals surface area contributed by atoms with Crippen molar-refractivity contribution in [2.45, 2.75) is 18.9 Å². The molecule has 128 valence electrons. The minimum absolute atomic E-state index is 0.0460. The number of carbonyl (C=O) groups is 1. The van der Waals surface area contributed by atoms with E-state index in [0.29, 0.717) is 31.5 Å². The maximum atomic E-state index is 13.7. The van der Waals surface area contributed by atoms with E-state index in [4.69, 9.17) is 5.26 Å². The van der Waals surface area contributed by atoms with Crippen molar-refractivity contribution in [3.63, 3.8) is 0 Å². The third kappa shape index (κ3) is 3.86. The quantitative estimate of drug-likeness (QED) is 0.894. The molecule has 1 aromatic carbocycles. The Bertz CT molecular complexity index is 809. The fraction of sp³-hybridized carbons (Fsp3) is 0.278. The van der Waals surface area contributed by atoms with Crippen molar-refractivity contribution in [1.82, 2.24) is 10.3 Å². The first-order chi connectivity index (χ1) is 12.1. The molecule has 1 saturated heterocycles. The van der Waals surface area contributed by atoms with Gasteiger partial charge in [0.2, 0.25) is 0 Å². The molecule has 0 bridgehead atoms. The molecule has 2 heterocycles. The lowest BCUT2D eigenvalue weighted by Gasteiger charge is -2.33. The predicted molar refractivity (Wildman–Crippen MR) is 89.7 cm³/mol. The fourth-order valence-electron chi connectivity index (χ4n) is 2.84. The zero-order valence-electron chi connectivity index (χ0n) is 13.4. The number of aromatic hydroxyl groups is 1. The van der Waals surface area contributed by atoms with Crippen molar-refractivity contribution in [2.24, 2.45) is 0 Å². The van der Waals surface area contributed by atoms with E-state index in [1.165, 1.54) is 18.3 Å². The second-order valence-electron chi connectivity index (χ2n) is 5.92. The summed E-state index contributed by atoms with van der Waals surface area (Å²) in [6.07, 6.45) is 2.97. The summed E-state index contributed by atoms with van der Waals surface area (Å²) in [4.78, 5) is 18.5. The SMILES string of the molecule is N#Cc1ccc(N2CCC(NC(=O)c3ccc(O)cc3F)CC2)nc1. The zero-order chi connectivity index (χ0) is 17.8. The maximum absolute atomic E-state index is 13.7. The summed E-state index contributed by atoms with van der Waals surface area (Å²) >= 11 is 0. The summed E-state index contributed by atoms with van der Waals surface area (Å²) in [6.45, 7) is 1.42. The third-order valence-corrected chi connectivity index (χ3v) is 4.23. The highest BCUT2D eigenvalue weighted by Gasteiger charge is 2.23. The number of piperidine rings is 1. The van der Waals surface area contributed by atoms with Gasteiger partial charge in [0.15, 0.2) is 0 Å². The van der Waals surface area contributed by atoms with E-state index in [1.54, 1.807) is 6.07 Å². The van der Waals surface area contributed by atoms with Gasteiger partial charge in [-0.25, -0.2) is 9.37 Å². The van der Waals surface area contributed by atoms with E-state index in [-0.39, 0.29) is 17.4 Å². The van der Waals surface area contributed by atoms with Crippen LogP contribution in [0.15, 0.2) is 36.5 Å². The van der Waals surface area contributed by atoms with Crippen LogP contribution < -0.4 is 10.2 Å². The Morgan fingerprint density at radius 2 is 2.08 bits per heavy atom. The van der Waals surface area contributed by atoms with Crippen LogP contribution in [0.3, 0.4) is 0 Å². The number of nitrogens with zero attached hydrogens (tertiary/aromatic N) is 3. The van der Waals surface area contributed by atoms with Crippen molar-refractivity contribution in [3.05, 3.63) is 53.5 Å². The Kier molecular flexibility index (Phi) is 4.80. The van der Waals surface area contributed by atoms with E-state index >= 15 is 0 Å². The normalized spacial score (nSPS) is 14.8. The second kappa shape index (κ2) is 7.18. The lowest BCUT2D eigenvalue weighted by Crippen LogP contribution is -2.45. The number of phenols is 1. The van der Waals surface area contributed by atoms with Crippen LogP contribution in [0.25, 0.3) is 0 Å². The van der Waals surface area contributed by atoms with Gasteiger partial charge in [0.25, 0.3) is 5.91 Å².